The van der Waals surface area contributed by atoms with Crippen LogP contribution in [0, 0.1) is 0 Å². The summed E-state index contributed by atoms with van der Waals surface area (Å²) in [6.45, 7) is 3.46. The first-order chi connectivity index (χ1) is 8.70. The first-order valence-corrected chi connectivity index (χ1v) is 6.11. The van der Waals surface area contributed by atoms with E-state index in [1.165, 1.54) is 0 Å². The van der Waals surface area contributed by atoms with Crippen molar-refractivity contribution in [3.05, 3.63) is 24.0 Å². The lowest BCUT2D eigenvalue weighted by atomic mass is 10.2. The lowest BCUT2D eigenvalue weighted by molar-refractivity contribution is 0.0757. The number of nitrogen functional groups attached to an aromatic ring is 1. The number of hydrazine groups is 1. The van der Waals surface area contributed by atoms with Crippen LogP contribution in [0.4, 0.5) is 5.69 Å². The molecule has 0 radical (unpaired) electrons. The Labute approximate surface area is 107 Å². The summed E-state index contributed by atoms with van der Waals surface area (Å²) in [5, 5.41) is 0. The molecule has 98 valence electrons. The van der Waals surface area contributed by atoms with E-state index in [1.807, 2.05) is 4.90 Å². The number of likely N-dealkylation sites (N-methyl/N-ethyl adjacent to an activating group) is 1. The Balaban J connectivity index is 2.09. The minimum Gasteiger partial charge on any atom is -0.336 e. The molecular formula is C12H19N5O. The predicted molar refractivity (Wildman–Crippen MR) is 70.1 cm³/mol. The van der Waals surface area contributed by atoms with Crippen LogP contribution in [0.5, 0.6) is 0 Å². The Bertz CT molecular complexity index is 423. The number of amides is 1. The number of hydrogen-bond donors (Lipinski definition) is 2. The van der Waals surface area contributed by atoms with Crippen LogP contribution in [0.1, 0.15) is 16.9 Å². The van der Waals surface area contributed by atoms with Crippen LogP contribution in [0.25, 0.3) is 0 Å². The van der Waals surface area contributed by atoms with Gasteiger partial charge in [0.2, 0.25) is 0 Å². The molecular weight excluding hydrogens is 230 g/mol. The fourth-order valence-electron chi connectivity index (χ4n) is 2.05. The summed E-state index contributed by atoms with van der Waals surface area (Å²) in [5.74, 6) is 5.31. The van der Waals surface area contributed by atoms with Gasteiger partial charge in [0.25, 0.3) is 5.91 Å². The second kappa shape index (κ2) is 5.79. The van der Waals surface area contributed by atoms with E-state index >= 15 is 0 Å². The molecule has 1 aliphatic rings. The van der Waals surface area contributed by atoms with Gasteiger partial charge in [-0.1, -0.05) is 0 Å². The molecule has 0 saturated carbocycles. The first-order valence-electron chi connectivity index (χ1n) is 6.11. The molecule has 1 aliphatic heterocycles. The quantitative estimate of drug-likeness (QED) is 0.576. The number of carbonyl (C=O) groups is 1. The molecule has 2 heterocycles. The van der Waals surface area contributed by atoms with Gasteiger partial charge in [-0.3, -0.25) is 15.6 Å². The van der Waals surface area contributed by atoms with Crippen molar-refractivity contribution >= 4 is 11.6 Å². The van der Waals surface area contributed by atoms with E-state index in [-0.39, 0.29) is 5.91 Å². The Morgan fingerprint density at radius 1 is 1.39 bits per heavy atom. The lowest BCUT2D eigenvalue weighted by Gasteiger charge is -2.20. The molecule has 1 fully saturated rings. The number of aromatic nitrogens is 1. The zero-order valence-corrected chi connectivity index (χ0v) is 10.6. The van der Waals surface area contributed by atoms with Gasteiger partial charge < -0.3 is 15.2 Å². The van der Waals surface area contributed by atoms with Crippen LogP contribution in [-0.2, 0) is 0 Å². The molecule has 3 N–H and O–H groups in total. The first kappa shape index (κ1) is 12.8. The van der Waals surface area contributed by atoms with Gasteiger partial charge in [0.05, 0.1) is 5.69 Å². The average molecular weight is 249 g/mol. The van der Waals surface area contributed by atoms with E-state index in [1.54, 1.807) is 18.3 Å². The van der Waals surface area contributed by atoms with E-state index in [2.05, 4.69) is 22.4 Å². The number of nitrogens with two attached hydrogens (primary N) is 1. The number of hydrogen-bond acceptors (Lipinski definition) is 5. The summed E-state index contributed by atoms with van der Waals surface area (Å²) in [6, 6.07) is 3.41. The maximum atomic E-state index is 12.3. The summed E-state index contributed by atoms with van der Waals surface area (Å²) < 4.78 is 0. The molecule has 1 aromatic heterocycles. The van der Waals surface area contributed by atoms with E-state index in [9.17, 15) is 4.79 Å². The number of carbonyl (C=O) groups excluding carboxylic acids is 1. The van der Waals surface area contributed by atoms with Crippen LogP contribution in [0.15, 0.2) is 18.3 Å². The molecule has 0 aliphatic carbocycles. The number of nitrogens with zero attached hydrogens (tertiary/aromatic N) is 3. The van der Waals surface area contributed by atoms with Crippen LogP contribution in [-0.4, -0.2) is 53.9 Å². The van der Waals surface area contributed by atoms with Crippen LogP contribution >= 0.6 is 0 Å². The summed E-state index contributed by atoms with van der Waals surface area (Å²) in [4.78, 5) is 20.5. The molecule has 6 nitrogen and oxygen atoms in total. The van der Waals surface area contributed by atoms with Crippen molar-refractivity contribution in [2.75, 3.05) is 38.7 Å². The largest absolute Gasteiger partial charge is 0.336 e. The highest BCUT2D eigenvalue weighted by atomic mass is 16.2. The summed E-state index contributed by atoms with van der Waals surface area (Å²) in [5.41, 5.74) is 3.66. The van der Waals surface area contributed by atoms with Crippen molar-refractivity contribution in [1.29, 1.82) is 0 Å². The smallest absolute Gasteiger partial charge is 0.272 e. The third-order valence-electron chi connectivity index (χ3n) is 3.15. The number of anilines is 1. The predicted octanol–water partition coefficient (Wildman–Crippen LogP) is 0.145. The number of nitrogens with one attached hydrogen (secondary N) is 1. The van der Waals surface area contributed by atoms with Crippen LogP contribution < -0.4 is 11.3 Å². The molecule has 2 rings (SSSR count). The molecule has 1 aromatic rings. The van der Waals surface area contributed by atoms with Crippen molar-refractivity contribution in [1.82, 2.24) is 14.8 Å². The summed E-state index contributed by atoms with van der Waals surface area (Å²) in [6.07, 6.45) is 2.59. The van der Waals surface area contributed by atoms with Gasteiger partial charge in [-0.05, 0) is 32.1 Å². The van der Waals surface area contributed by atoms with Crippen molar-refractivity contribution in [2.24, 2.45) is 5.84 Å². The molecule has 0 unspecified atom stereocenters. The highest BCUT2D eigenvalue weighted by Crippen LogP contribution is 2.10. The average Bonchev–Trinajstić information content (AvgIpc) is 2.63. The van der Waals surface area contributed by atoms with Gasteiger partial charge in [-0.2, -0.15) is 0 Å². The maximum Gasteiger partial charge on any atom is 0.272 e. The maximum absolute atomic E-state index is 12.3. The van der Waals surface area contributed by atoms with Gasteiger partial charge in [0.1, 0.15) is 5.69 Å². The molecule has 0 spiro atoms. The highest BCUT2D eigenvalue weighted by molar-refractivity contribution is 5.93. The van der Waals surface area contributed by atoms with Crippen molar-refractivity contribution in [2.45, 2.75) is 6.42 Å². The van der Waals surface area contributed by atoms with E-state index < -0.39 is 0 Å². The van der Waals surface area contributed by atoms with E-state index in [0.29, 0.717) is 11.4 Å². The Morgan fingerprint density at radius 2 is 2.22 bits per heavy atom. The molecule has 18 heavy (non-hydrogen) atoms. The molecule has 1 saturated heterocycles. The zero-order valence-electron chi connectivity index (χ0n) is 10.6. The number of rotatable bonds is 2. The zero-order chi connectivity index (χ0) is 13.0. The minimum absolute atomic E-state index is 0.0256. The summed E-state index contributed by atoms with van der Waals surface area (Å²) in [7, 11) is 2.07. The Kier molecular flexibility index (Phi) is 4.11. The van der Waals surface area contributed by atoms with Crippen molar-refractivity contribution < 1.29 is 4.79 Å². The fourth-order valence-corrected chi connectivity index (χ4v) is 2.05. The van der Waals surface area contributed by atoms with Crippen molar-refractivity contribution in [3.8, 4) is 0 Å². The van der Waals surface area contributed by atoms with Gasteiger partial charge >= 0.3 is 0 Å². The van der Waals surface area contributed by atoms with E-state index in [4.69, 9.17) is 5.84 Å². The Morgan fingerprint density at radius 3 is 3.00 bits per heavy atom. The molecule has 1 amide bonds. The molecule has 0 aromatic carbocycles. The third kappa shape index (κ3) is 2.96. The lowest BCUT2D eigenvalue weighted by Crippen LogP contribution is -2.35. The van der Waals surface area contributed by atoms with Gasteiger partial charge in [0, 0.05) is 25.8 Å². The molecule has 0 atom stereocenters. The number of pyridine rings is 1. The van der Waals surface area contributed by atoms with Crippen molar-refractivity contribution in [3.63, 3.8) is 0 Å². The summed E-state index contributed by atoms with van der Waals surface area (Å²) >= 11 is 0. The third-order valence-corrected chi connectivity index (χ3v) is 3.15. The fraction of sp³-hybridized carbons (Fsp3) is 0.500. The Hall–Kier alpha value is -1.66. The standard InChI is InChI=1S/C12H19N5O/c1-16-5-2-6-17(8-7-16)12(18)11-9-10(15-13)3-4-14-11/h3-4,9H,2,5-8,13H2,1H3,(H,14,15). The SMILES string of the molecule is CN1CCCN(C(=O)c2cc(NN)ccn2)CC1. The van der Waals surface area contributed by atoms with E-state index in [0.717, 1.165) is 32.6 Å². The van der Waals surface area contributed by atoms with Gasteiger partial charge in [0.15, 0.2) is 0 Å². The van der Waals surface area contributed by atoms with Crippen LogP contribution in [0.2, 0.25) is 0 Å². The topological polar surface area (TPSA) is 74.5 Å². The molecule has 0 bridgehead atoms. The highest BCUT2D eigenvalue weighted by Gasteiger charge is 2.19. The van der Waals surface area contributed by atoms with Gasteiger partial charge in [-0.15, -0.1) is 0 Å². The minimum atomic E-state index is -0.0256. The molecule has 6 heteroatoms. The van der Waals surface area contributed by atoms with Crippen LogP contribution in [0.3, 0.4) is 0 Å². The second-order valence-corrected chi connectivity index (χ2v) is 4.52. The van der Waals surface area contributed by atoms with Gasteiger partial charge in [-0.25, -0.2) is 0 Å². The second-order valence-electron chi connectivity index (χ2n) is 4.52. The normalized spacial score (nSPS) is 17.3. The monoisotopic (exact) mass is 249 g/mol.